The maximum Gasteiger partial charge on any atom is 0.422 e. The van der Waals surface area contributed by atoms with Crippen molar-refractivity contribution in [1.29, 1.82) is 0 Å². The predicted octanol–water partition coefficient (Wildman–Crippen LogP) is 2.53. The number of anilines is 1. The largest absolute Gasteiger partial charge is 0.468 e. The first-order valence-corrected chi connectivity index (χ1v) is 7.03. The molecule has 7 nitrogen and oxygen atoms in total. The van der Waals surface area contributed by atoms with Crippen molar-refractivity contribution in [2.45, 2.75) is 25.9 Å². The van der Waals surface area contributed by atoms with Gasteiger partial charge in [-0.2, -0.15) is 23.3 Å². The van der Waals surface area contributed by atoms with Crippen LogP contribution in [0.2, 0.25) is 0 Å². The minimum atomic E-state index is -4.45. The van der Waals surface area contributed by atoms with Crippen LogP contribution in [0, 0.1) is 0 Å². The van der Waals surface area contributed by atoms with E-state index in [4.69, 9.17) is 0 Å². The Hall–Kier alpha value is -2.65. The van der Waals surface area contributed by atoms with Gasteiger partial charge in [0.25, 0.3) is 5.91 Å². The van der Waals surface area contributed by atoms with Gasteiger partial charge in [0, 0.05) is 25.2 Å². The van der Waals surface area contributed by atoms with E-state index in [-0.39, 0.29) is 23.3 Å². The second-order valence-corrected chi connectivity index (χ2v) is 5.32. The molecule has 0 spiro atoms. The number of carbonyl (C=O) groups excluding carboxylic acids is 1. The van der Waals surface area contributed by atoms with Crippen molar-refractivity contribution in [2.24, 2.45) is 7.05 Å². The van der Waals surface area contributed by atoms with Gasteiger partial charge in [-0.3, -0.25) is 10.1 Å². The molecule has 0 bridgehead atoms. The first-order valence-electron chi connectivity index (χ1n) is 7.03. The molecular formula is C14H16F3N5O2. The SMILES string of the molecule is CC(C)c1nc(NC(=O)c2ccc(OCC(F)(F)F)nc2)n(C)n1. The predicted molar refractivity (Wildman–Crippen MR) is 78.8 cm³/mol. The Morgan fingerprint density at radius 1 is 1.38 bits per heavy atom. The van der Waals surface area contributed by atoms with Gasteiger partial charge < -0.3 is 4.74 Å². The molecule has 2 aromatic rings. The lowest BCUT2D eigenvalue weighted by molar-refractivity contribution is -0.154. The van der Waals surface area contributed by atoms with Gasteiger partial charge in [-0.25, -0.2) is 9.67 Å². The normalized spacial score (nSPS) is 11.6. The van der Waals surface area contributed by atoms with Gasteiger partial charge in [0.05, 0.1) is 5.56 Å². The summed E-state index contributed by atoms with van der Waals surface area (Å²) in [6.07, 6.45) is -3.32. The van der Waals surface area contributed by atoms with E-state index in [2.05, 4.69) is 25.1 Å². The number of pyridine rings is 1. The van der Waals surface area contributed by atoms with E-state index in [0.717, 1.165) is 6.20 Å². The number of hydrogen-bond donors (Lipinski definition) is 1. The minimum absolute atomic E-state index is 0.105. The van der Waals surface area contributed by atoms with Crippen LogP contribution in [0.4, 0.5) is 19.1 Å². The third-order valence-corrected chi connectivity index (χ3v) is 2.90. The minimum Gasteiger partial charge on any atom is -0.468 e. The van der Waals surface area contributed by atoms with Crippen molar-refractivity contribution in [3.63, 3.8) is 0 Å². The van der Waals surface area contributed by atoms with E-state index in [0.29, 0.717) is 5.82 Å². The molecule has 0 unspecified atom stereocenters. The van der Waals surface area contributed by atoms with Gasteiger partial charge in [0.2, 0.25) is 11.8 Å². The zero-order chi connectivity index (χ0) is 17.9. The van der Waals surface area contributed by atoms with E-state index in [9.17, 15) is 18.0 Å². The number of hydrogen-bond acceptors (Lipinski definition) is 5. The summed E-state index contributed by atoms with van der Waals surface area (Å²) in [6.45, 7) is 2.40. The van der Waals surface area contributed by atoms with E-state index < -0.39 is 18.7 Å². The van der Waals surface area contributed by atoms with Crippen LogP contribution in [0.15, 0.2) is 18.3 Å². The first-order chi connectivity index (χ1) is 11.2. The molecule has 0 aromatic carbocycles. The van der Waals surface area contributed by atoms with Crippen LogP contribution in [0.5, 0.6) is 5.88 Å². The number of halogens is 3. The third kappa shape index (κ3) is 4.67. The Balaban J connectivity index is 2.02. The number of aryl methyl sites for hydroxylation is 1. The van der Waals surface area contributed by atoms with Crippen molar-refractivity contribution in [3.05, 3.63) is 29.7 Å². The zero-order valence-corrected chi connectivity index (χ0v) is 13.3. The van der Waals surface area contributed by atoms with Crippen molar-refractivity contribution in [2.75, 3.05) is 11.9 Å². The summed E-state index contributed by atoms with van der Waals surface area (Å²) in [5.74, 6) is 0.233. The highest BCUT2D eigenvalue weighted by molar-refractivity contribution is 6.03. The van der Waals surface area contributed by atoms with Gasteiger partial charge in [-0.05, 0) is 6.07 Å². The molecule has 130 valence electrons. The lowest BCUT2D eigenvalue weighted by atomic mass is 10.2. The molecule has 2 rings (SSSR count). The second-order valence-electron chi connectivity index (χ2n) is 5.32. The molecular weight excluding hydrogens is 327 g/mol. The highest BCUT2D eigenvalue weighted by atomic mass is 19.4. The number of alkyl halides is 3. The van der Waals surface area contributed by atoms with Gasteiger partial charge in [-0.15, -0.1) is 0 Å². The molecule has 0 atom stereocenters. The molecule has 0 saturated heterocycles. The summed E-state index contributed by atoms with van der Waals surface area (Å²) in [7, 11) is 1.64. The van der Waals surface area contributed by atoms with E-state index in [1.165, 1.54) is 16.8 Å². The van der Waals surface area contributed by atoms with Crippen LogP contribution in [0.3, 0.4) is 0 Å². The van der Waals surface area contributed by atoms with Crippen LogP contribution >= 0.6 is 0 Å². The average Bonchev–Trinajstić information content (AvgIpc) is 2.86. The summed E-state index contributed by atoms with van der Waals surface area (Å²) in [6, 6.07) is 2.50. The van der Waals surface area contributed by atoms with Gasteiger partial charge in [0.15, 0.2) is 12.4 Å². The first kappa shape index (κ1) is 17.7. The molecule has 2 heterocycles. The Labute approximate surface area is 135 Å². The fourth-order valence-electron chi connectivity index (χ4n) is 1.69. The van der Waals surface area contributed by atoms with E-state index >= 15 is 0 Å². The quantitative estimate of drug-likeness (QED) is 0.902. The van der Waals surface area contributed by atoms with Crippen LogP contribution in [-0.2, 0) is 7.05 Å². The van der Waals surface area contributed by atoms with Crippen LogP contribution in [0.25, 0.3) is 0 Å². The summed E-state index contributed by atoms with van der Waals surface area (Å²) >= 11 is 0. The summed E-state index contributed by atoms with van der Waals surface area (Å²) in [4.78, 5) is 20.0. The number of nitrogens with zero attached hydrogens (tertiary/aromatic N) is 4. The molecule has 2 aromatic heterocycles. The monoisotopic (exact) mass is 343 g/mol. The number of ether oxygens (including phenoxy) is 1. The van der Waals surface area contributed by atoms with Gasteiger partial charge in [-0.1, -0.05) is 13.8 Å². The molecule has 0 saturated carbocycles. The zero-order valence-electron chi connectivity index (χ0n) is 13.3. The summed E-state index contributed by atoms with van der Waals surface area (Å²) < 4.78 is 42.1. The Bertz CT molecular complexity index is 710. The Kier molecular flexibility index (Phi) is 5.05. The number of aromatic nitrogens is 4. The number of carbonyl (C=O) groups is 1. The molecule has 10 heteroatoms. The molecule has 0 radical (unpaired) electrons. The fraction of sp³-hybridized carbons (Fsp3) is 0.429. The Morgan fingerprint density at radius 2 is 2.08 bits per heavy atom. The molecule has 0 fully saturated rings. The second kappa shape index (κ2) is 6.85. The van der Waals surface area contributed by atoms with Gasteiger partial charge >= 0.3 is 6.18 Å². The number of amides is 1. The van der Waals surface area contributed by atoms with Crippen molar-refractivity contribution >= 4 is 11.9 Å². The number of nitrogens with one attached hydrogen (secondary N) is 1. The molecule has 0 aliphatic rings. The van der Waals surface area contributed by atoms with E-state index in [1.54, 1.807) is 7.05 Å². The van der Waals surface area contributed by atoms with Crippen LogP contribution < -0.4 is 10.1 Å². The van der Waals surface area contributed by atoms with Crippen LogP contribution in [-0.4, -0.2) is 38.4 Å². The summed E-state index contributed by atoms with van der Waals surface area (Å²) in [5, 5.41) is 6.73. The average molecular weight is 343 g/mol. The lowest BCUT2D eigenvalue weighted by Crippen LogP contribution is -2.20. The molecule has 1 amide bonds. The molecule has 0 aliphatic carbocycles. The van der Waals surface area contributed by atoms with Crippen molar-refractivity contribution < 1.29 is 22.7 Å². The van der Waals surface area contributed by atoms with Crippen LogP contribution in [0.1, 0.15) is 35.9 Å². The maximum absolute atomic E-state index is 12.1. The van der Waals surface area contributed by atoms with Crippen molar-refractivity contribution in [3.8, 4) is 5.88 Å². The van der Waals surface area contributed by atoms with Crippen molar-refractivity contribution in [1.82, 2.24) is 19.7 Å². The highest BCUT2D eigenvalue weighted by Crippen LogP contribution is 2.17. The lowest BCUT2D eigenvalue weighted by Gasteiger charge is -2.08. The fourth-order valence-corrected chi connectivity index (χ4v) is 1.69. The molecule has 0 aliphatic heterocycles. The van der Waals surface area contributed by atoms with Gasteiger partial charge in [0.1, 0.15) is 0 Å². The molecule has 24 heavy (non-hydrogen) atoms. The highest BCUT2D eigenvalue weighted by Gasteiger charge is 2.28. The third-order valence-electron chi connectivity index (χ3n) is 2.90. The number of rotatable bonds is 5. The summed E-state index contributed by atoms with van der Waals surface area (Å²) in [5.41, 5.74) is 0.156. The topological polar surface area (TPSA) is 81.9 Å². The van der Waals surface area contributed by atoms with E-state index in [1.807, 2.05) is 13.8 Å². The smallest absolute Gasteiger partial charge is 0.422 e. The standard InChI is InChI=1S/C14H16F3N5O2/c1-8(2)11-19-13(22(3)21-11)20-12(23)9-4-5-10(18-6-9)24-7-14(15,16)17/h4-6,8H,7H2,1-3H3,(H,19,20,21,23). The maximum atomic E-state index is 12.1. The molecule has 1 N–H and O–H groups in total. The Morgan fingerprint density at radius 3 is 2.58 bits per heavy atom.